The molecule has 1 aromatic carbocycles. The first-order valence-electron chi connectivity index (χ1n) is 5.13. The van der Waals surface area contributed by atoms with E-state index < -0.39 is 10.0 Å². The van der Waals surface area contributed by atoms with Crippen molar-refractivity contribution in [3.05, 3.63) is 29.8 Å². The number of anilines is 1. The van der Waals surface area contributed by atoms with E-state index in [1.807, 2.05) is 31.2 Å². The van der Waals surface area contributed by atoms with Crippen molar-refractivity contribution in [2.45, 2.75) is 6.92 Å². The molecule has 2 rings (SSSR count). The number of aliphatic hydroxyl groups excluding tert-OH is 1. The molecule has 2 N–H and O–H groups in total. The Morgan fingerprint density at radius 1 is 1.35 bits per heavy atom. The lowest BCUT2D eigenvalue weighted by molar-refractivity contribution is 0.320. The molecule has 0 amide bonds. The van der Waals surface area contributed by atoms with Gasteiger partial charge in [0, 0.05) is 4.70 Å². The number of nitrogens with one attached hydrogen (secondary N) is 1. The average molecular weight is 271 g/mol. The van der Waals surface area contributed by atoms with E-state index in [0.717, 1.165) is 15.6 Å². The fraction of sp³-hybridized carbons (Fsp3) is 0.273. The molecule has 6 heteroatoms. The summed E-state index contributed by atoms with van der Waals surface area (Å²) in [6.45, 7) is 1.51. The number of rotatable bonds is 4. The van der Waals surface area contributed by atoms with Gasteiger partial charge >= 0.3 is 0 Å². The first-order valence-corrected chi connectivity index (χ1v) is 7.60. The van der Waals surface area contributed by atoms with Crippen molar-refractivity contribution in [1.29, 1.82) is 0 Å². The minimum absolute atomic E-state index is 0.277. The number of aliphatic hydroxyl groups is 1. The number of thiophene rings is 1. The molecular weight excluding hydrogens is 258 g/mol. The van der Waals surface area contributed by atoms with E-state index in [2.05, 4.69) is 4.72 Å². The summed E-state index contributed by atoms with van der Waals surface area (Å²) >= 11 is 1.40. The molecule has 92 valence electrons. The maximum absolute atomic E-state index is 11.6. The highest BCUT2D eigenvalue weighted by atomic mass is 32.2. The van der Waals surface area contributed by atoms with E-state index in [1.165, 1.54) is 11.3 Å². The molecule has 0 aliphatic carbocycles. The summed E-state index contributed by atoms with van der Waals surface area (Å²) < 4.78 is 26.7. The summed E-state index contributed by atoms with van der Waals surface area (Å²) in [4.78, 5) is 0. The van der Waals surface area contributed by atoms with E-state index >= 15 is 0 Å². The van der Waals surface area contributed by atoms with E-state index in [1.54, 1.807) is 0 Å². The molecule has 0 unspecified atom stereocenters. The maximum Gasteiger partial charge on any atom is 0.235 e. The Balaban J connectivity index is 2.40. The molecule has 4 nitrogen and oxygen atoms in total. The summed E-state index contributed by atoms with van der Waals surface area (Å²) in [5, 5.41) is 10.4. The van der Waals surface area contributed by atoms with Crippen molar-refractivity contribution < 1.29 is 13.5 Å². The maximum atomic E-state index is 11.6. The van der Waals surface area contributed by atoms with Gasteiger partial charge < -0.3 is 5.11 Å². The minimum Gasteiger partial charge on any atom is -0.395 e. The van der Waals surface area contributed by atoms with Gasteiger partial charge in [-0.3, -0.25) is 4.72 Å². The molecule has 0 aliphatic heterocycles. The SMILES string of the molecule is Cc1c(NS(=O)(=O)CCO)sc2ccccc12. The van der Waals surface area contributed by atoms with Crippen LogP contribution in [0.15, 0.2) is 24.3 Å². The predicted molar refractivity (Wildman–Crippen MR) is 71.1 cm³/mol. The van der Waals surface area contributed by atoms with E-state index in [-0.39, 0.29) is 12.4 Å². The largest absolute Gasteiger partial charge is 0.395 e. The summed E-state index contributed by atoms with van der Waals surface area (Å²) in [6, 6.07) is 7.76. The van der Waals surface area contributed by atoms with Crippen molar-refractivity contribution in [2.24, 2.45) is 0 Å². The molecule has 0 atom stereocenters. The first kappa shape index (κ1) is 12.3. The van der Waals surface area contributed by atoms with Crippen LogP contribution in [0.5, 0.6) is 0 Å². The highest BCUT2D eigenvalue weighted by Crippen LogP contribution is 2.35. The third-order valence-electron chi connectivity index (χ3n) is 2.45. The highest BCUT2D eigenvalue weighted by molar-refractivity contribution is 7.92. The standard InChI is InChI=1S/C11H13NO3S2/c1-8-9-4-2-3-5-10(9)16-11(8)12-17(14,15)7-6-13/h2-5,12-13H,6-7H2,1H3. The first-order chi connectivity index (χ1) is 8.03. The van der Waals surface area contributed by atoms with Crippen LogP contribution >= 0.6 is 11.3 Å². The molecule has 1 heterocycles. The topological polar surface area (TPSA) is 66.4 Å². The Kier molecular flexibility index (Phi) is 3.37. The third-order valence-corrected chi connectivity index (χ3v) is 5.00. The highest BCUT2D eigenvalue weighted by Gasteiger charge is 2.14. The van der Waals surface area contributed by atoms with Crippen molar-refractivity contribution >= 4 is 36.4 Å². The summed E-state index contributed by atoms with van der Waals surface area (Å²) in [5.74, 6) is -0.277. The van der Waals surface area contributed by atoms with Crippen molar-refractivity contribution in [1.82, 2.24) is 0 Å². The van der Waals surface area contributed by atoms with Crippen LogP contribution in [-0.2, 0) is 10.0 Å². The summed E-state index contributed by atoms with van der Waals surface area (Å²) in [5.41, 5.74) is 0.923. The second kappa shape index (κ2) is 4.64. The van der Waals surface area contributed by atoms with Gasteiger partial charge in [0.1, 0.15) is 5.00 Å². The molecule has 17 heavy (non-hydrogen) atoms. The van der Waals surface area contributed by atoms with Crippen LogP contribution in [0.4, 0.5) is 5.00 Å². The van der Waals surface area contributed by atoms with Gasteiger partial charge in [-0.1, -0.05) is 18.2 Å². The van der Waals surface area contributed by atoms with Gasteiger partial charge in [-0.15, -0.1) is 11.3 Å². The van der Waals surface area contributed by atoms with Gasteiger partial charge in [-0.25, -0.2) is 8.42 Å². The zero-order valence-corrected chi connectivity index (χ0v) is 10.9. The predicted octanol–water partition coefficient (Wildman–Crippen LogP) is 1.94. The molecule has 0 saturated heterocycles. The van der Waals surface area contributed by atoms with Gasteiger partial charge in [0.25, 0.3) is 0 Å². The number of hydrogen-bond acceptors (Lipinski definition) is 4. The molecule has 2 aromatic rings. The van der Waals surface area contributed by atoms with E-state index in [4.69, 9.17) is 5.11 Å². The molecule has 0 aliphatic rings. The molecule has 0 spiro atoms. The van der Waals surface area contributed by atoms with E-state index in [0.29, 0.717) is 5.00 Å². The van der Waals surface area contributed by atoms with Gasteiger partial charge in [-0.2, -0.15) is 0 Å². The zero-order valence-electron chi connectivity index (χ0n) is 9.30. The third kappa shape index (κ3) is 2.59. The van der Waals surface area contributed by atoms with Crippen LogP contribution in [0.2, 0.25) is 0 Å². The van der Waals surface area contributed by atoms with Crippen LogP contribution in [0, 0.1) is 6.92 Å². The Hall–Kier alpha value is -1.11. The number of sulfonamides is 1. The number of hydrogen-bond donors (Lipinski definition) is 2. The van der Waals surface area contributed by atoms with Crippen LogP contribution in [0.1, 0.15) is 5.56 Å². The van der Waals surface area contributed by atoms with Gasteiger partial charge in [0.15, 0.2) is 0 Å². The normalized spacial score (nSPS) is 11.9. The fourth-order valence-electron chi connectivity index (χ4n) is 1.58. The summed E-state index contributed by atoms with van der Waals surface area (Å²) in [7, 11) is -3.44. The average Bonchev–Trinajstić information content (AvgIpc) is 2.56. The van der Waals surface area contributed by atoms with Crippen molar-refractivity contribution in [2.75, 3.05) is 17.1 Å². The number of aryl methyl sites for hydroxylation is 1. The zero-order chi connectivity index (χ0) is 12.5. The Morgan fingerprint density at radius 3 is 2.71 bits per heavy atom. The van der Waals surface area contributed by atoms with Gasteiger partial charge in [0.05, 0.1) is 12.4 Å². The lowest BCUT2D eigenvalue weighted by atomic mass is 10.2. The molecular formula is C11H13NO3S2. The lowest BCUT2D eigenvalue weighted by Crippen LogP contribution is -2.18. The van der Waals surface area contributed by atoms with Gasteiger partial charge in [0.2, 0.25) is 10.0 Å². The monoisotopic (exact) mass is 271 g/mol. The molecule has 1 aromatic heterocycles. The van der Waals surface area contributed by atoms with Crippen LogP contribution in [0.3, 0.4) is 0 Å². The Morgan fingerprint density at radius 2 is 2.06 bits per heavy atom. The molecule has 0 bridgehead atoms. The Bertz CT molecular complexity index is 631. The van der Waals surface area contributed by atoms with Crippen LogP contribution in [0.25, 0.3) is 10.1 Å². The van der Waals surface area contributed by atoms with E-state index in [9.17, 15) is 8.42 Å². The van der Waals surface area contributed by atoms with Crippen molar-refractivity contribution in [3.63, 3.8) is 0 Å². The molecule has 0 fully saturated rings. The van der Waals surface area contributed by atoms with Crippen LogP contribution < -0.4 is 4.72 Å². The second-order valence-corrected chi connectivity index (χ2v) is 6.59. The lowest BCUT2D eigenvalue weighted by Gasteiger charge is -2.04. The van der Waals surface area contributed by atoms with Crippen LogP contribution in [-0.4, -0.2) is 25.9 Å². The number of fused-ring (bicyclic) bond motifs is 1. The minimum atomic E-state index is -3.44. The Labute approximate surface area is 104 Å². The quantitative estimate of drug-likeness (QED) is 0.893. The van der Waals surface area contributed by atoms with Gasteiger partial charge in [-0.05, 0) is 23.9 Å². The molecule has 0 radical (unpaired) electrons. The smallest absolute Gasteiger partial charge is 0.235 e. The summed E-state index contributed by atoms with van der Waals surface area (Å²) in [6.07, 6.45) is 0. The fourth-order valence-corrected chi connectivity index (χ4v) is 3.87. The number of benzene rings is 1. The van der Waals surface area contributed by atoms with Crippen molar-refractivity contribution in [3.8, 4) is 0 Å². The second-order valence-electron chi connectivity index (χ2n) is 3.70. The molecule has 0 saturated carbocycles.